The number of aryl methyl sites for hydroxylation is 1. The monoisotopic (exact) mass is 717 g/mol. The topological polar surface area (TPSA) is 122 Å². The SMILES string of the molecule is COc1nc(-c2cccc(-c3cccc(-c4cc(C)c(CN5CCN(C(C)=O)CC5)c(OC)n4)c3Cl)c2Cl)cnc1CNC[C@@H]1CCC(=O)N1. The minimum atomic E-state index is 0.0839. The Balaban J connectivity index is 1.24. The van der Waals surface area contributed by atoms with Gasteiger partial charge in [-0.2, -0.15) is 0 Å². The maximum absolute atomic E-state index is 11.8. The third-order valence-electron chi connectivity index (χ3n) is 9.31. The number of aromatic nitrogens is 3. The van der Waals surface area contributed by atoms with Crippen LogP contribution in [0, 0.1) is 6.92 Å². The quantitative estimate of drug-likeness (QED) is 0.206. The van der Waals surface area contributed by atoms with Crippen molar-refractivity contribution in [1.82, 2.24) is 35.4 Å². The molecular weight excluding hydrogens is 677 g/mol. The summed E-state index contributed by atoms with van der Waals surface area (Å²) in [6, 6.07) is 13.7. The first kappa shape index (κ1) is 35.5. The second-order valence-corrected chi connectivity index (χ2v) is 13.3. The second kappa shape index (κ2) is 15.7. The highest BCUT2D eigenvalue weighted by Crippen LogP contribution is 2.42. The number of methoxy groups -OCH3 is 2. The summed E-state index contributed by atoms with van der Waals surface area (Å²) in [5.74, 6) is 1.13. The van der Waals surface area contributed by atoms with Crippen LogP contribution in [0.1, 0.15) is 36.6 Å². The van der Waals surface area contributed by atoms with E-state index in [1.54, 1.807) is 27.3 Å². The molecule has 2 saturated heterocycles. The van der Waals surface area contributed by atoms with Crippen molar-refractivity contribution in [2.45, 2.75) is 45.8 Å². The molecule has 2 aliphatic heterocycles. The Morgan fingerprint density at radius 2 is 1.56 bits per heavy atom. The standard InChI is InChI=1S/C37H41Cl2N7O4/c1-22-17-30(43-36(49-3)29(22)21-45-13-15-46(16-14-45)23(2)47)27-9-5-7-25(34(27)38)26-8-6-10-28(35(26)39)31-20-41-32(37(44-31)50-4)19-40-18-24-11-12-33(48)42-24/h5-10,17,20,24,40H,11-16,18-19,21H2,1-4H3,(H,42,48)/t24-/m0/s1. The summed E-state index contributed by atoms with van der Waals surface area (Å²) in [5, 5.41) is 7.28. The van der Waals surface area contributed by atoms with Gasteiger partial charge in [-0.1, -0.05) is 59.6 Å². The zero-order chi connectivity index (χ0) is 35.4. The van der Waals surface area contributed by atoms with Crippen LogP contribution in [0.5, 0.6) is 11.8 Å². The van der Waals surface area contributed by atoms with Crippen LogP contribution in [0.4, 0.5) is 0 Å². The molecule has 0 aliphatic carbocycles. The van der Waals surface area contributed by atoms with E-state index in [4.69, 9.17) is 42.6 Å². The summed E-state index contributed by atoms with van der Waals surface area (Å²) in [7, 11) is 3.19. The predicted octanol–water partition coefficient (Wildman–Crippen LogP) is 5.54. The summed E-state index contributed by atoms with van der Waals surface area (Å²) >= 11 is 14.2. The van der Waals surface area contributed by atoms with Gasteiger partial charge < -0.3 is 25.0 Å². The van der Waals surface area contributed by atoms with E-state index in [1.165, 1.54) is 0 Å². The van der Waals surface area contributed by atoms with Crippen LogP contribution in [0.25, 0.3) is 33.6 Å². The van der Waals surface area contributed by atoms with Gasteiger partial charge in [0.1, 0.15) is 5.69 Å². The van der Waals surface area contributed by atoms with Crippen molar-refractivity contribution >= 4 is 35.0 Å². The molecule has 13 heteroatoms. The molecule has 4 heterocycles. The Labute approximate surface area is 302 Å². The summed E-state index contributed by atoms with van der Waals surface area (Å²) in [6.45, 7) is 8.42. The fourth-order valence-corrected chi connectivity index (χ4v) is 7.15. The van der Waals surface area contributed by atoms with Gasteiger partial charge in [0.15, 0.2) is 0 Å². The molecule has 2 fully saturated rings. The van der Waals surface area contributed by atoms with E-state index >= 15 is 0 Å². The van der Waals surface area contributed by atoms with Crippen LogP contribution >= 0.6 is 23.2 Å². The number of piperazine rings is 1. The number of nitrogens with zero attached hydrogens (tertiary/aromatic N) is 5. The summed E-state index contributed by atoms with van der Waals surface area (Å²) in [4.78, 5) is 41.8. The van der Waals surface area contributed by atoms with Gasteiger partial charge in [-0.25, -0.2) is 9.97 Å². The van der Waals surface area contributed by atoms with Gasteiger partial charge in [-0.3, -0.25) is 19.5 Å². The molecule has 50 heavy (non-hydrogen) atoms. The van der Waals surface area contributed by atoms with Crippen molar-refractivity contribution in [2.75, 3.05) is 46.9 Å². The number of nitrogens with one attached hydrogen (secondary N) is 2. The molecular formula is C37H41Cl2N7O4. The number of hydrogen-bond donors (Lipinski definition) is 2. The number of rotatable bonds is 11. The van der Waals surface area contributed by atoms with Gasteiger partial charge in [0.05, 0.1) is 41.8 Å². The Hall–Kier alpha value is -4.29. The van der Waals surface area contributed by atoms with E-state index in [1.807, 2.05) is 47.4 Å². The van der Waals surface area contributed by atoms with Crippen LogP contribution in [-0.2, 0) is 22.7 Å². The number of halogens is 2. The molecule has 0 spiro atoms. The predicted molar refractivity (Wildman–Crippen MR) is 194 cm³/mol. The molecule has 262 valence electrons. The average molecular weight is 719 g/mol. The first-order valence-corrected chi connectivity index (χ1v) is 17.4. The normalized spacial score (nSPS) is 16.4. The number of benzene rings is 2. The molecule has 1 atom stereocenters. The van der Waals surface area contributed by atoms with Crippen molar-refractivity contribution < 1.29 is 19.1 Å². The Morgan fingerprint density at radius 3 is 2.16 bits per heavy atom. The van der Waals surface area contributed by atoms with Crippen molar-refractivity contribution in [2.24, 2.45) is 0 Å². The molecule has 2 N–H and O–H groups in total. The fraction of sp³-hybridized carbons (Fsp3) is 0.378. The van der Waals surface area contributed by atoms with E-state index in [9.17, 15) is 9.59 Å². The molecule has 0 radical (unpaired) electrons. The number of carbonyl (C=O) groups excluding carboxylic acids is 2. The minimum Gasteiger partial charge on any atom is -0.481 e. The van der Waals surface area contributed by atoms with Gasteiger partial charge >= 0.3 is 0 Å². The number of carbonyl (C=O) groups is 2. The van der Waals surface area contributed by atoms with E-state index < -0.39 is 0 Å². The van der Waals surface area contributed by atoms with Crippen LogP contribution in [0.2, 0.25) is 10.0 Å². The lowest BCUT2D eigenvalue weighted by Crippen LogP contribution is -2.47. The largest absolute Gasteiger partial charge is 0.481 e. The number of hydrogen-bond acceptors (Lipinski definition) is 9. The van der Waals surface area contributed by atoms with E-state index in [0.29, 0.717) is 83.6 Å². The van der Waals surface area contributed by atoms with Crippen molar-refractivity contribution in [3.63, 3.8) is 0 Å². The van der Waals surface area contributed by atoms with Gasteiger partial charge in [0.25, 0.3) is 0 Å². The molecule has 2 aliphatic rings. The zero-order valence-corrected chi connectivity index (χ0v) is 30.2. The summed E-state index contributed by atoms with van der Waals surface area (Å²) in [6.07, 6.45) is 3.06. The molecule has 11 nitrogen and oxygen atoms in total. The lowest BCUT2D eigenvalue weighted by molar-refractivity contribution is -0.130. The zero-order valence-electron chi connectivity index (χ0n) is 28.7. The van der Waals surface area contributed by atoms with E-state index in [0.717, 1.165) is 47.3 Å². The molecule has 0 saturated carbocycles. The number of ether oxygens (including phenoxy) is 2. The van der Waals surface area contributed by atoms with Gasteiger partial charge in [0.2, 0.25) is 23.6 Å². The molecule has 0 unspecified atom stereocenters. The second-order valence-electron chi connectivity index (χ2n) is 12.6. The molecule has 2 amide bonds. The Bertz CT molecular complexity index is 1900. The maximum atomic E-state index is 11.8. The Kier molecular flexibility index (Phi) is 11.2. The molecule has 4 aromatic rings. The molecule has 0 bridgehead atoms. The lowest BCUT2D eigenvalue weighted by atomic mass is 9.97. The van der Waals surface area contributed by atoms with E-state index in [2.05, 4.69) is 27.4 Å². The van der Waals surface area contributed by atoms with Gasteiger partial charge in [0, 0.05) is 93.0 Å². The fourth-order valence-electron chi connectivity index (χ4n) is 6.50. The Morgan fingerprint density at radius 1 is 0.940 bits per heavy atom. The number of amides is 2. The minimum absolute atomic E-state index is 0.0839. The molecule has 2 aromatic heterocycles. The highest BCUT2D eigenvalue weighted by atomic mass is 35.5. The lowest BCUT2D eigenvalue weighted by Gasteiger charge is -2.34. The smallest absolute Gasteiger partial charge is 0.237 e. The van der Waals surface area contributed by atoms with Crippen LogP contribution < -0.4 is 20.1 Å². The summed E-state index contributed by atoms with van der Waals surface area (Å²) in [5.41, 5.74) is 6.90. The molecule has 6 rings (SSSR count). The van der Waals surface area contributed by atoms with Crippen molar-refractivity contribution in [1.29, 1.82) is 0 Å². The van der Waals surface area contributed by atoms with Crippen molar-refractivity contribution in [3.8, 4) is 45.4 Å². The average Bonchev–Trinajstić information content (AvgIpc) is 3.54. The first-order chi connectivity index (χ1) is 24.2. The maximum Gasteiger partial charge on any atom is 0.237 e. The van der Waals surface area contributed by atoms with Crippen molar-refractivity contribution in [3.05, 3.63) is 75.5 Å². The van der Waals surface area contributed by atoms with Crippen LogP contribution in [0.15, 0.2) is 48.7 Å². The third kappa shape index (κ3) is 7.71. The van der Waals surface area contributed by atoms with Crippen LogP contribution in [-0.4, -0.2) is 89.6 Å². The van der Waals surface area contributed by atoms with E-state index in [-0.39, 0.29) is 17.9 Å². The van der Waals surface area contributed by atoms with Gasteiger partial charge in [-0.15, -0.1) is 0 Å². The molecule has 2 aromatic carbocycles. The third-order valence-corrected chi connectivity index (χ3v) is 10.1. The number of pyridine rings is 1. The highest BCUT2D eigenvalue weighted by Gasteiger charge is 2.24. The summed E-state index contributed by atoms with van der Waals surface area (Å²) < 4.78 is 11.4. The first-order valence-electron chi connectivity index (χ1n) is 16.7. The van der Waals surface area contributed by atoms with Crippen LogP contribution in [0.3, 0.4) is 0 Å². The highest BCUT2D eigenvalue weighted by molar-refractivity contribution is 6.39. The van der Waals surface area contributed by atoms with Gasteiger partial charge in [-0.05, 0) is 25.0 Å².